The van der Waals surface area contributed by atoms with Crippen LogP contribution in [-0.2, 0) is 4.79 Å². The lowest BCUT2D eigenvalue weighted by molar-refractivity contribution is -0.119. The largest absolute Gasteiger partial charge is 0.377 e. The fourth-order valence-electron chi connectivity index (χ4n) is 7.48. The van der Waals surface area contributed by atoms with Gasteiger partial charge in [0.1, 0.15) is 5.60 Å². The Labute approximate surface area is 174 Å². The first-order chi connectivity index (χ1) is 13.9. The van der Waals surface area contributed by atoms with E-state index in [1.165, 1.54) is 12.0 Å². The second-order valence-electron chi connectivity index (χ2n) is 10.4. The lowest BCUT2D eigenvalue weighted by Gasteiger charge is -2.58. The summed E-state index contributed by atoms with van der Waals surface area (Å²) in [6.07, 6.45) is 9.97. The van der Waals surface area contributed by atoms with Gasteiger partial charge in [0.15, 0.2) is 5.78 Å². The zero-order valence-electron chi connectivity index (χ0n) is 17.7. The van der Waals surface area contributed by atoms with Gasteiger partial charge < -0.3 is 5.11 Å². The van der Waals surface area contributed by atoms with E-state index in [4.69, 9.17) is 0 Å². The molecule has 2 heteroatoms. The van der Waals surface area contributed by atoms with E-state index in [2.05, 4.69) is 25.7 Å². The van der Waals surface area contributed by atoms with Crippen LogP contribution in [0.25, 0.3) is 0 Å². The van der Waals surface area contributed by atoms with Crippen LogP contribution in [0.2, 0.25) is 0 Å². The number of benzene rings is 1. The summed E-state index contributed by atoms with van der Waals surface area (Å²) < 4.78 is 0. The van der Waals surface area contributed by atoms with Crippen molar-refractivity contribution in [3.05, 3.63) is 47.5 Å². The van der Waals surface area contributed by atoms with Crippen LogP contribution in [0.15, 0.2) is 42.0 Å². The van der Waals surface area contributed by atoms with Crippen LogP contribution in [0.5, 0.6) is 0 Å². The van der Waals surface area contributed by atoms with Crippen molar-refractivity contribution in [3.8, 4) is 11.8 Å². The summed E-state index contributed by atoms with van der Waals surface area (Å²) in [5.41, 5.74) is 1.56. The molecule has 0 radical (unpaired) electrons. The monoisotopic (exact) mass is 388 g/mol. The third kappa shape index (κ3) is 2.77. The van der Waals surface area contributed by atoms with E-state index >= 15 is 0 Å². The first-order valence-corrected chi connectivity index (χ1v) is 11.4. The van der Waals surface area contributed by atoms with Gasteiger partial charge in [0.2, 0.25) is 0 Å². The lowest BCUT2D eigenvalue weighted by atomic mass is 9.46. The minimum absolute atomic E-state index is 0.127. The van der Waals surface area contributed by atoms with Gasteiger partial charge in [0.05, 0.1) is 0 Å². The van der Waals surface area contributed by atoms with Gasteiger partial charge in [0.25, 0.3) is 0 Å². The average Bonchev–Trinajstić information content (AvgIpc) is 2.99. The average molecular weight is 389 g/mol. The third-order valence-electron chi connectivity index (χ3n) is 9.30. The second-order valence-corrected chi connectivity index (χ2v) is 10.4. The lowest BCUT2D eigenvalue weighted by Crippen LogP contribution is -2.54. The van der Waals surface area contributed by atoms with Crippen LogP contribution in [0.1, 0.15) is 70.8 Å². The number of allylic oxidation sites excluding steroid dienone is 1. The summed E-state index contributed by atoms with van der Waals surface area (Å²) in [6.45, 7) is 4.72. The van der Waals surface area contributed by atoms with Crippen LogP contribution < -0.4 is 0 Å². The molecule has 0 heterocycles. The summed E-state index contributed by atoms with van der Waals surface area (Å²) in [7, 11) is 0. The molecule has 2 nitrogen and oxygen atoms in total. The van der Waals surface area contributed by atoms with Crippen LogP contribution in [0.4, 0.5) is 0 Å². The maximum Gasteiger partial charge on any atom is 0.155 e. The molecule has 0 bridgehead atoms. The number of rotatable bonds is 0. The molecular formula is C27H32O2. The standard InChI is InChI=1S/C27H32O2/c1-25-14-11-21(28)18-20(25)8-9-22-23(25)12-15-26(2)24(22)13-17-27(26,29)16-10-19-6-4-3-5-7-19/h3-7,18,22-24,29H,8-9,11-15,17H2,1-2H3/t22-,23-,24+,25+,26+,27-/m0/s1. The number of hydrogen-bond donors (Lipinski definition) is 1. The summed E-state index contributed by atoms with van der Waals surface area (Å²) in [6, 6.07) is 10.0. The van der Waals surface area contributed by atoms with Gasteiger partial charge in [-0.1, -0.05) is 49.5 Å². The van der Waals surface area contributed by atoms with Crippen LogP contribution in [-0.4, -0.2) is 16.5 Å². The van der Waals surface area contributed by atoms with E-state index in [1.54, 1.807) is 0 Å². The van der Waals surface area contributed by atoms with Gasteiger partial charge in [-0.05, 0) is 86.3 Å². The van der Waals surface area contributed by atoms with Crippen molar-refractivity contribution in [2.75, 3.05) is 0 Å². The molecule has 3 fully saturated rings. The molecule has 0 amide bonds. The van der Waals surface area contributed by atoms with E-state index in [1.807, 2.05) is 36.4 Å². The van der Waals surface area contributed by atoms with Crippen LogP contribution >= 0.6 is 0 Å². The molecule has 6 atom stereocenters. The normalized spacial score (nSPS) is 43.3. The van der Waals surface area contributed by atoms with Gasteiger partial charge in [-0.2, -0.15) is 0 Å². The Bertz CT molecular complexity index is 919. The van der Waals surface area contributed by atoms with Crippen molar-refractivity contribution >= 4 is 5.78 Å². The molecule has 0 aromatic heterocycles. The molecule has 4 aliphatic carbocycles. The van der Waals surface area contributed by atoms with Gasteiger partial charge >= 0.3 is 0 Å². The highest BCUT2D eigenvalue weighted by molar-refractivity contribution is 5.91. The Hall–Kier alpha value is -1.85. The second kappa shape index (κ2) is 6.58. The predicted molar refractivity (Wildman–Crippen MR) is 115 cm³/mol. The number of carbonyl (C=O) groups is 1. The van der Waals surface area contributed by atoms with Crippen molar-refractivity contribution in [1.82, 2.24) is 0 Å². The molecular weight excluding hydrogens is 356 g/mol. The maximum absolute atomic E-state index is 12.0. The number of ketones is 1. The summed E-state index contributed by atoms with van der Waals surface area (Å²) >= 11 is 0. The number of carbonyl (C=O) groups excluding carboxylic acids is 1. The molecule has 0 saturated heterocycles. The fraction of sp³-hybridized carbons (Fsp3) is 0.593. The topological polar surface area (TPSA) is 37.3 Å². The molecule has 152 valence electrons. The highest BCUT2D eigenvalue weighted by atomic mass is 16.3. The zero-order valence-corrected chi connectivity index (χ0v) is 17.7. The molecule has 1 aromatic carbocycles. The first-order valence-electron chi connectivity index (χ1n) is 11.4. The summed E-state index contributed by atoms with van der Waals surface area (Å²) in [5, 5.41) is 11.7. The highest BCUT2D eigenvalue weighted by Crippen LogP contribution is 2.67. The smallest absolute Gasteiger partial charge is 0.155 e. The van der Waals surface area contributed by atoms with E-state index in [0.29, 0.717) is 30.0 Å². The van der Waals surface area contributed by atoms with E-state index in [-0.39, 0.29) is 10.8 Å². The number of aliphatic hydroxyl groups is 1. The minimum atomic E-state index is -0.891. The molecule has 4 aliphatic rings. The predicted octanol–water partition coefficient (Wildman–Crippen LogP) is 5.30. The van der Waals surface area contributed by atoms with Crippen molar-refractivity contribution in [2.24, 2.45) is 28.6 Å². The van der Waals surface area contributed by atoms with E-state index in [9.17, 15) is 9.90 Å². The summed E-state index contributed by atoms with van der Waals surface area (Å²) in [5.74, 6) is 8.76. The summed E-state index contributed by atoms with van der Waals surface area (Å²) in [4.78, 5) is 12.0. The van der Waals surface area contributed by atoms with Gasteiger partial charge in [-0.3, -0.25) is 4.79 Å². The molecule has 0 spiro atoms. The van der Waals surface area contributed by atoms with E-state index in [0.717, 1.165) is 44.1 Å². The van der Waals surface area contributed by atoms with E-state index < -0.39 is 5.60 Å². The molecule has 1 N–H and O–H groups in total. The molecule has 29 heavy (non-hydrogen) atoms. The maximum atomic E-state index is 12.0. The Morgan fingerprint density at radius 1 is 0.966 bits per heavy atom. The quantitative estimate of drug-likeness (QED) is 0.612. The van der Waals surface area contributed by atoms with Crippen molar-refractivity contribution in [2.45, 2.75) is 70.8 Å². The van der Waals surface area contributed by atoms with Crippen LogP contribution in [0.3, 0.4) is 0 Å². The van der Waals surface area contributed by atoms with Gasteiger partial charge in [-0.25, -0.2) is 0 Å². The van der Waals surface area contributed by atoms with Gasteiger partial charge in [0, 0.05) is 17.4 Å². The molecule has 0 unspecified atom stereocenters. The number of hydrogen-bond acceptors (Lipinski definition) is 2. The van der Waals surface area contributed by atoms with Crippen LogP contribution in [0, 0.1) is 40.4 Å². The fourth-order valence-corrected chi connectivity index (χ4v) is 7.48. The van der Waals surface area contributed by atoms with Crippen molar-refractivity contribution < 1.29 is 9.90 Å². The molecule has 0 aliphatic heterocycles. The highest BCUT2D eigenvalue weighted by Gasteiger charge is 2.63. The Balaban J connectivity index is 1.45. The zero-order chi connectivity index (χ0) is 20.3. The molecule has 3 saturated carbocycles. The first kappa shape index (κ1) is 19.1. The molecule has 1 aromatic rings. The number of fused-ring (bicyclic) bond motifs is 5. The Kier molecular flexibility index (Phi) is 4.34. The van der Waals surface area contributed by atoms with Crippen molar-refractivity contribution in [3.63, 3.8) is 0 Å². The van der Waals surface area contributed by atoms with Gasteiger partial charge in [-0.15, -0.1) is 0 Å². The SMILES string of the molecule is C[C@@]12CCC(=O)C=C1CC[C@@H]1[C@H]3CC[C@@](O)(C#Cc4ccccc4)[C@]3(C)CC[C@@H]12. The third-order valence-corrected chi connectivity index (χ3v) is 9.30. The Morgan fingerprint density at radius 3 is 2.52 bits per heavy atom. The molecule has 5 rings (SSSR count). The van der Waals surface area contributed by atoms with Crippen molar-refractivity contribution in [1.29, 1.82) is 0 Å². The minimum Gasteiger partial charge on any atom is -0.377 e. The Morgan fingerprint density at radius 2 is 1.72 bits per heavy atom.